The van der Waals surface area contributed by atoms with Gasteiger partial charge in [-0.2, -0.15) is 0 Å². The molecule has 1 unspecified atom stereocenters. The summed E-state index contributed by atoms with van der Waals surface area (Å²) in [5.41, 5.74) is 3.06. The minimum Gasteiger partial charge on any atom is -0.395 e. The number of nitrogens with two attached hydrogens (primary N) is 1. The molecule has 1 amide bonds. The van der Waals surface area contributed by atoms with Gasteiger partial charge in [0.05, 0.1) is 6.61 Å². The lowest BCUT2D eigenvalue weighted by Crippen LogP contribution is -2.57. The van der Waals surface area contributed by atoms with Gasteiger partial charge in [-0.05, 0) is 0 Å². The standard InChI is InChI=1S/C6H14NO7P/c1-13-6(14-2,5(7)9)4(3-8)15(10,11)12/h4,8H,3H2,1-2H3,(H2,7,9)(H2,10,11,12). The lowest BCUT2D eigenvalue weighted by molar-refractivity contribution is -0.211. The average Bonchev–Trinajstić information content (AvgIpc) is 2.11. The second-order valence-electron chi connectivity index (χ2n) is 2.73. The van der Waals surface area contributed by atoms with E-state index in [1.165, 1.54) is 0 Å². The number of carbonyl (C=O) groups excluding carboxylic acids is 1. The Morgan fingerprint density at radius 2 is 1.87 bits per heavy atom. The van der Waals surface area contributed by atoms with Crippen LogP contribution in [-0.2, 0) is 18.8 Å². The highest BCUT2D eigenvalue weighted by Crippen LogP contribution is 2.47. The van der Waals surface area contributed by atoms with Gasteiger partial charge in [-0.3, -0.25) is 9.36 Å². The molecule has 0 heterocycles. The van der Waals surface area contributed by atoms with E-state index in [1.54, 1.807) is 0 Å². The number of amides is 1. The molecule has 5 N–H and O–H groups in total. The van der Waals surface area contributed by atoms with Gasteiger partial charge >= 0.3 is 7.60 Å². The van der Waals surface area contributed by atoms with E-state index in [1.807, 2.05) is 0 Å². The molecule has 1 atom stereocenters. The maximum absolute atomic E-state index is 11.0. The number of ether oxygens (including phenoxy) is 2. The Morgan fingerprint density at radius 3 is 1.93 bits per heavy atom. The van der Waals surface area contributed by atoms with Crippen LogP contribution in [0, 0.1) is 0 Å². The van der Waals surface area contributed by atoms with E-state index in [0.29, 0.717) is 0 Å². The zero-order chi connectivity index (χ0) is 12.3. The molecule has 0 aliphatic rings. The Bertz CT molecular complexity index is 271. The van der Waals surface area contributed by atoms with Crippen molar-refractivity contribution in [3.05, 3.63) is 0 Å². The van der Waals surface area contributed by atoms with Gasteiger partial charge in [0, 0.05) is 14.2 Å². The zero-order valence-corrected chi connectivity index (χ0v) is 9.18. The van der Waals surface area contributed by atoms with Gasteiger partial charge in [0.1, 0.15) is 5.66 Å². The number of hydrogen-bond acceptors (Lipinski definition) is 5. The van der Waals surface area contributed by atoms with Crippen molar-refractivity contribution in [2.75, 3.05) is 20.8 Å². The van der Waals surface area contributed by atoms with Crippen molar-refractivity contribution in [2.45, 2.75) is 11.4 Å². The number of aliphatic hydroxyl groups is 1. The predicted molar refractivity (Wildman–Crippen MR) is 48.9 cm³/mol. The summed E-state index contributed by atoms with van der Waals surface area (Å²) in [5.74, 6) is -3.57. The van der Waals surface area contributed by atoms with Crippen LogP contribution in [0.3, 0.4) is 0 Å². The summed E-state index contributed by atoms with van der Waals surface area (Å²) in [7, 11) is -2.80. The highest BCUT2D eigenvalue weighted by Gasteiger charge is 2.53. The third-order valence-electron chi connectivity index (χ3n) is 1.97. The maximum Gasteiger partial charge on any atom is 0.336 e. The SMILES string of the molecule is COC(OC)(C(N)=O)C(CO)P(=O)(O)O. The van der Waals surface area contributed by atoms with Crippen molar-refractivity contribution < 1.29 is 33.7 Å². The Labute approximate surface area is 86.1 Å². The van der Waals surface area contributed by atoms with Crippen LogP contribution in [0.4, 0.5) is 0 Å². The van der Waals surface area contributed by atoms with E-state index in [9.17, 15) is 9.36 Å². The molecule has 0 aromatic heterocycles. The van der Waals surface area contributed by atoms with Crippen molar-refractivity contribution in [1.82, 2.24) is 0 Å². The first-order valence-electron chi connectivity index (χ1n) is 3.82. The minimum atomic E-state index is -4.79. The van der Waals surface area contributed by atoms with Gasteiger partial charge in [-0.25, -0.2) is 0 Å². The molecule has 0 spiro atoms. The number of methoxy groups -OCH3 is 2. The Balaban J connectivity index is 5.39. The molecular weight excluding hydrogens is 229 g/mol. The van der Waals surface area contributed by atoms with E-state index < -0.39 is 31.6 Å². The summed E-state index contributed by atoms with van der Waals surface area (Å²) in [6.45, 7) is -1.01. The summed E-state index contributed by atoms with van der Waals surface area (Å²) in [4.78, 5) is 28.9. The van der Waals surface area contributed by atoms with Crippen molar-refractivity contribution in [2.24, 2.45) is 5.73 Å². The molecule has 0 aliphatic carbocycles. The fraction of sp³-hybridized carbons (Fsp3) is 0.833. The molecule has 15 heavy (non-hydrogen) atoms. The first kappa shape index (κ1) is 14.5. The van der Waals surface area contributed by atoms with Gasteiger partial charge in [-0.1, -0.05) is 0 Å². The number of rotatable bonds is 6. The molecule has 9 heteroatoms. The lowest BCUT2D eigenvalue weighted by Gasteiger charge is -2.34. The summed E-state index contributed by atoms with van der Waals surface area (Å²) >= 11 is 0. The average molecular weight is 243 g/mol. The van der Waals surface area contributed by atoms with Gasteiger partial charge in [-0.15, -0.1) is 0 Å². The van der Waals surface area contributed by atoms with E-state index in [2.05, 4.69) is 9.47 Å². The molecule has 0 fully saturated rings. The summed E-state index contributed by atoms with van der Waals surface area (Å²) in [6, 6.07) is 0. The van der Waals surface area contributed by atoms with E-state index in [4.69, 9.17) is 20.6 Å². The molecule has 0 saturated carbocycles. The van der Waals surface area contributed by atoms with Crippen LogP contribution in [0.25, 0.3) is 0 Å². The fourth-order valence-electron chi connectivity index (χ4n) is 1.17. The molecule has 0 bridgehead atoms. The highest BCUT2D eigenvalue weighted by molar-refractivity contribution is 7.52. The predicted octanol–water partition coefficient (Wildman–Crippen LogP) is -2.00. The fourth-order valence-corrected chi connectivity index (χ4v) is 2.16. The Kier molecular flexibility index (Phi) is 4.85. The smallest absolute Gasteiger partial charge is 0.336 e. The highest BCUT2D eigenvalue weighted by atomic mass is 31.2. The third kappa shape index (κ3) is 2.75. The largest absolute Gasteiger partial charge is 0.395 e. The molecule has 0 aliphatic heterocycles. The second-order valence-corrected chi connectivity index (χ2v) is 4.53. The first-order chi connectivity index (χ1) is 6.76. The van der Waals surface area contributed by atoms with Crippen LogP contribution < -0.4 is 5.73 Å². The van der Waals surface area contributed by atoms with Crippen LogP contribution in [0.5, 0.6) is 0 Å². The first-order valence-corrected chi connectivity index (χ1v) is 5.50. The maximum atomic E-state index is 11.0. The van der Waals surface area contributed by atoms with Crippen molar-refractivity contribution >= 4 is 13.5 Å². The number of hydrogen-bond donors (Lipinski definition) is 4. The van der Waals surface area contributed by atoms with E-state index in [0.717, 1.165) is 14.2 Å². The third-order valence-corrected chi connectivity index (χ3v) is 3.28. The van der Waals surface area contributed by atoms with Crippen molar-refractivity contribution in [1.29, 1.82) is 0 Å². The van der Waals surface area contributed by atoms with Crippen LogP contribution in [0.1, 0.15) is 0 Å². The van der Waals surface area contributed by atoms with E-state index >= 15 is 0 Å². The minimum absolute atomic E-state index is 0.993. The number of primary amides is 1. The Hall–Kier alpha value is -0.500. The van der Waals surface area contributed by atoms with Crippen molar-refractivity contribution in [3.8, 4) is 0 Å². The zero-order valence-electron chi connectivity index (χ0n) is 8.28. The van der Waals surface area contributed by atoms with Gasteiger partial charge < -0.3 is 30.1 Å². The second kappa shape index (κ2) is 5.02. The van der Waals surface area contributed by atoms with Crippen LogP contribution in [-0.4, -0.2) is 53.1 Å². The summed E-state index contributed by atoms with van der Waals surface area (Å²) in [6.07, 6.45) is 0. The van der Waals surface area contributed by atoms with Crippen molar-refractivity contribution in [3.63, 3.8) is 0 Å². The topological polar surface area (TPSA) is 139 Å². The van der Waals surface area contributed by atoms with Gasteiger partial charge in [0.2, 0.25) is 0 Å². The molecular formula is C6H14NO7P. The van der Waals surface area contributed by atoms with Crippen LogP contribution >= 0.6 is 7.60 Å². The molecule has 0 aromatic rings. The molecule has 8 nitrogen and oxygen atoms in total. The summed E-state index contributed by atoms with van der Waals surface area (Å²) in [5, 5.41) is 8.85. The molecule has 0 saturated heterocycles. The normalized spacial score (nSPS) is 15.0. The Morgan fingerprint density at radius 1 is 1.47 bits per heavy atom. The lowest BCUT2D eigenvalue weighted by atomic mass is 10.2. The number of aliphatic hydroxyl groups excluding tert-OH is 1. The molecule has 90 valence electrons. The molecule has 0 radical (unpaired) electrons. The monoisotopic (exact) mass is 243 g/mol. The molecule has 0 rings (SSSR count). The van der Waals surface area contributed by atoms with Crippen LogP contribution in [0.2, 0.25) is 0 Å². The van der Waals surface area contributed by atoms with Gasteiger partial charge in [0.15, 0.2) is 0 Å². The molecule has 0 aromatic carbocycles. The van der Waals surface area contributed by atoms with Crippen LogP contribution in [0.15, 0.2) is 0 Å². The number of carbonyl (C=O) groups is 1. The quantitative estimate of drug-likeness (QED) is 0.312. The van der Waals surface area contributed by atoms with E-state index in [-0.39, 0.29) is 0 Å². The van der Waals surface area contributed by atoms with Gasteiger partial charge in [0.25, 0.3) is 11.7 Å². The summed E-state index contributed by atoms with van der Waals surface area (Å²) < 4.78 is 20.2.